The average molecular weight is 242 g/mol. The van der Waals surface area contributed by atoms with E-state index in [1.54, 1.807) is 6.92 Å². The van der Waals surface area contributed by atoms with Gasteiger partial charge in [-0.3, -0.25) is 0 Å². The van der Waals surface area contributed by atoms with Gasteiger partial charge in [-0.25, -0.2) is 9.78 Å². The molecule has 0 aliphatic carbocycles. The van der Waals surface area contributed by atoms with Crippen molar-refractivity contribution >= 4 is 17.3 Å². The van der Waals surface area contributed by atoms with Crippen LogP contribution in [0.3, 0.4) is 0 Å². The summed E-state index contributed by atoms with van der Waals surface area (Å²) >= 11 is 1.27. The van der Waals surface area contributed by atoms with Gasteiger partial charge in [-0.1, -0.05) is 0 Å². The molecule has 0 aliphatic rings. The normalized spacial score (nSPS) is 11.8. The third kappa shape index (κ3) is 3.90. The maximum Gasteiger partial charge on any atom is 0.347 e. The Bertz CT molecular complexity index is 380. The Labute approximate surface area is 99.7 Å². The van der Waals surface area contributed by atoms with Crippen LogP contribution in [0.5, 0.6) is 0 Å². The number of aromatic carboxylic acids is 1. The second-order valence-electron chi connectivity index (χ2n) is 4.75. The first-order valence-corrected chi connectivity index (χ1v) is 6.06. The van der Waals surface area contributed by atoms with Crippen LogP contribution in [-0.2, 0) is 6.42 Å². The second kappa shape index (κ2) is 4.93. The van der Waals surface area contributed by atoms with E-state index >= 15 is 0 Å². The number of rotatable bonds is 4. The van der Waals surface area contributed by atoms with Crippen LogP contribution in [0.25, 0.3) is 0 Å². The lowest BCUT2D eigenvalue weighted by Crippen LogP contribution is -2.37. The minimum absolute atomic E-state index is 0.0853. The van der Waals surface area contributed by atoms with Crippen LogP contribution < -0.4 is 5.32 Å². The van der Waals surface area contributed by atoms with Crippen molar-refractivity contribution in [2.45, 2.75) is 39.7 Å². The number of hydrogen-bond acceptors (Lipinski definition) is 4. The minimum atomic E-state index is -0.884. The summed E-state index contributed by atoms with van der Waals surface area (Å²) in [6, 6.07) is 0. The van der Waals surface area contributed by atoms with Gasteiger partial charge < -0.3 is 10.4 Å². The van der Waals surface area contributed by atoms with E-state index in [1.165, 1.54) is 11.3 Å². The molecule has 0 radical (unpaired) electrons. The topological polar surface area (TPSA) is 62.2 Å². The van der Waals surface area contributed by atoms with Gasteiger partial charge in [0.25, 0.3) is 0 Å². The number of carboxylic acid groups (broad SMARTS) is 1. The fourth-order valence-electron chi connectivity index (χ4n) is 1.30. The summed E-state index contributed by atoms with van der Waals surface area (Å²) < 4.78 is 0. The monoisotopic (exact) mass is 242 g/mol. The first-order chi connectivity index (χ1) is 7.29. The highest BCUT2D eigenvalue weighted by molar-refractivity contribution is 7.13. The number of carboxylic acids is 1. The second-order valence-corrected chi connectivity index (χ2v) is 5.84. The third-order valence-corrected chi connectivity index (χ3v) is 3.23. The lowest BCUT2D eigenvalue weighted by atomic mass is 10.1. The fraction of sp³-hybridized carbons (Fsp3) is 0.636. The Morgan fingerprint density at radius 3 is 2.56 bits per heavy atom. The highest BCUT2D eigenvalue weighted by Gasteiger charge is 2.14. The minimum Gasteiger partial charge on any atom is -0.477 e. The first kappa shape index (κ1) is 13.1. The molecule has 1 aromatic rings. The van der Waals surface area contributed by atoms with E-state index in [1.807, 2.05) is 0 Å². The molecule has 1 rings (SSSR count). The van der Waals surface area contributed by atoms with Gasteiger partial charge in [0.2, 0.25) is 0 Å². The molecule has 5 heteroatoms. The third-order valence-electron chi connectivity index (χ3n) is 2.03. The first-order valence-electron chi connectivity index (χ1n) is 5.24. The van der Waals surface area contributed by atoms with Gasteiger partial charge >= 0.3 is 5.97 Å². The zero-order chi connectivity index (χ0) is 12.3. The van der Waals surface area contributed by atoms with E-state index in [0.717, 1.165) is 18.0 Å². The van der Waals surface area contributed by atoms with Crippen molar-refractivity contribution in [1.82, 2.24) is 10.3 Å². The molecule has 0 amide bonds. The summed E-state index contributed by atoms with van der Waals surface area (Å²) in [6.07, 6.45) is 0.774. The number of nitrogens with one attached hydrogen (secondary N) is 1. The molecular formula is C11H18N2O2S. The molecule has 2 N–H and O–H groups in total. The maximum absolute atomic E-state index is 10.8. The van der Waals surface area contributed by atoms with Crippen molar-refractivity contribution in [1.29, 1.82) is 0 Å². The summed E-state index contributed by atoms with van der Waals surface area (Å²) in [7, 11) is 0. The van der Waals surface area contributed by atoms with Crippen molar-refractivity contribution in [3.63, 3.8) is 0 Å². The number of aryl methyl sites for hydroxylation is 1. The van der Waals surface area contributed by atoms with Gasteiger partial charge in [-0.2, -0.15) is 0 Å². The fourth-order valence-corrected chi connectivity index (χ4v) is 2.21. The largest absolute Gasteiger partial charge is 0.477 e. The van der Waals surface area contributed by atoms with Gasteiger partial charge in [-0.05, 0) is 27.7 Å². The lowest BCUT2D eigenvalue weighted by molar-refractivity contribution is 0.0701. The Kier molecular flexibility index (Phi) is 4.04. The van der Waals surface area contributed by atoms with Crippen molar-refractivity contribution < 1.29 is 9.90 Å². The van der Waals surface area contributed by atoms with Crippen molar-refractivity contribution in [2.75, 3.05) is 6.54 Å². The Morgan fingerprint density at radius 1 is 1.50 bits per heavy atom. The lowest BCUT2D eigenvalue weighted by Gasteiger charge is -2.19. The zero-order valence-electron chi connectivity index (χ0n) is 10.1. The highest BCUT2D eigenvalue weighted by atomic mass is 32.1. The van der Waals surface area contributed by atoms with Gasteiger partial charge in [0.1, 0.15) is 4.88 Å². The molecule has 1 heterocycles. The molecule has 0 aromatic carbocycles. The van der Waals surface area contributed by atoms with E-state index in [-0.39, 0.29) is 5.54 Å². The van der Waals surface area contributed by atoms with Gasteiger partial charge in [0.15, 0.2) is 0 Å². The van der Waals surface area contributed by atoms with Crippen molar-refractivity contribution in [3.05, 3.63) is 15.6 Å². The van der Waals surface area contributed by atoms with Crippen LogP contribution >= 0.6 is 11.3 Å². The Balaban J connectivity index is 2.56. The molecule has 0 saturated carbocycles. The number of aromatic nitrogens is 1. The van der Waals surface area contributed by atoms with E-state index < -0.39 is 5.97 Å². The maximum atomic E-state index is 10.8. The number of carbonyl (C=O) groups is 1. The molecule has 0 unspecified atom stereocenters. The molecular weight excluding hydrogens is 224 g/mol. The van der Waals surface area contributed by atoms with Gasteiger partial charge in [-0.15, -0.1) is 11.3 Å². The Hall–Kier alpha value is -0.940. The Morgan fingerprint density at radius 2 is 2.12 bits per heavy atom. The van der Waals surface area contributed by atoms with E-state index in [9.17, 15) is 4.79 Å². The molecule has 0 atom stereocenters. The summed E-state index contributed by atoms with van der Waals surface area (Å²) in [5.74, 6) is -0.884. The molecule has 0 aliphatic heterocycles. The zero-order valence-corrected chi connectivity index (χ0v) is 10.9. The highest BCUT2D eigenvalue weighted by Crippen LogP contribution is 2.18. The number of hydrogen-bond donors (Lipinski definition) is 2. The smallest absolute Gasteiger partial charge is 0.347 e. The number of nitrogens with zero attached hydrogens (tertiary/aromatic N) is 1. The van der Waals surface area contributed by atoms with Crippen molar-refractivity contribution in [3.8, 4) is 0 Å². The van der Waals surface area contributed by atoms with E-state index in [4.69, 9.17) is 5.11 Å². The van der Waals surface area contributed by atoms with Crippen LogP contribution in [-0.4, -0.2) is 28.1 Å². The van der Waals surface area contributed by atoms with Gasteiger partial charge in [0, 0.05) is 18.5 Å². The number of thiazole rings is 1. The molecule has 0 bridgehead atoms. The predicted molar refractivity (Wildman–Crippen MR) is 65.3 cm³/mol. The summed E-state index contributed by atoms with van der Waals surface area (Å²) in [5, 5.41) is 13.1. The van der Waals surface area contributed by atoms with Crippen LogP contribution in [0, 0.1) is 6.92 Å². The molecule has 0 fully saturated rings. The van der Waals surface area contributed by atoms with Crippen LogP contribution in [0.15, 0.2) is 0 Å². The van der Waals surface area contributed by atoms with E-state index in [0.29, 0.717) is 10.6 Å². The molecule has 4 nitrogen and oxygen atoms in total. The van der Waals surface area contributed by atoms with E-state index in [2.05, 4.69) is 31.1 Å². The molecule has 0 spiro atoms. The standard InChI is InChI=1S/C11H18N2O2S/c1-7-9(10(14)15)16-8(13-7)5-6-12-11(2,3)4/h12H,5-6H2,1-4H3,(H,14,15). The quantitative estimate of drug-likeness (QED) is 0.848. The summed E-state index contributed by atoms with van der Waals surface area (Å²) in [4.78, 5) is 15.4. The van der Waals surface area contributed by atoms with Crippen LogP contribution in [0.2, 0.25) is 0 Å². The van der Waals surface area contributed by atoms with Crippen LogP contribution in [0.1, 0.15) is 41.1 Å². The van der Waals surface area contributed by atoms with Gasteiger partial charge in [0.05, 0.1) is 10.7 Å². The molecule has 16 heavy (non-hydrogen) atoms. The van der Waals surface area contributed by atoms with Crippen molar-refractivity contribution in [2.24, 2.45) is 0 Å². The molecule has 0 saturated heterocycles. The molecule has 1 aromatic heterocycles. The summed E-state index contributed by atoms with van der Waals surface area (Å²) in [6.45, 7) is 8.85. The average Bonchev–Trinajstić information content (AvgIpc) is 2.44. The SMILES string of the molecule is Cc1nc(CCNC(C)(C)C)sc1C(=O)O. The molecule has 90 valence electrons. The van der Waals surface area contributed by atoms with Crippen LogP contribution in [0.4, 0.5) is 0 Å². The predicted octanol–water partition coefficient (Wildman–Crippen LogP) is 2.08. The summed E-state index contributed by atoms with van der Waals surface area (Å²) in [5.41, 5.74) is 0.699.